The van der Waals surface area contributed by atoms with Gasteiger partial charge < -0.3 is 10.1 Å². The summed E-state index contributed by atoms with van der Waals surface area (Å²) in [6, 6.07) is 11.8. The second-order valence-electron chi connectivity index (χ2n) is 6.88. The molecule has 6 nitrogen and oxygen atoms in total. The molecular weight excluding hydrogens is 435 g/mol. The van der Waals surface area contributed by atoms with Crippen molar-refractivity contribution in [1.29, 1.82) is 0 Å². The molecule has 1 unspecified atom stereocenters. The third-order valence-electron chi connectivity index (χ3n) is 4.87. The molecule has 0 aliphatic carbocycles. The summed E-state index contributed by atoms with van der Waals surface area (Å²) in [5, 5.41) is 3.60. The molecule has 1 N–H and O–H groups in total. The molecule has 1 fully saturated rings. The van der Waals surface area contributed by atoms with Crippen LogP contribution in [0.4, 0.5) is 5.69 Å². The van der Waals surface area contributed by atoms with Crippen molar-refractivity contribution in [2.45, 2.75) is 18.6 Å². The fourth-order valence-corrected chi connectivity index (χ4v) is 5.51. The van der Waals surface area contributed by atoms with Gasteiger partial charge in [-0.15, -0.1) is 0 Å². The van der Waals surface area contributed by atoms with E-state index in [0.717, 1.165) is 0 Å². The van der Waals surface area contributed by atoms with Crippen LogP contribution < -0.4 is 10.1 Å². The number of nitrogens with one attached hydrogen (secondary N) is 1. The third kappa shape index (κ3) is 5.42. The summed E-state index contributed by atoms with van der Waals surface area (Å²) in [4.78, 5) is 12.7. The predicted molar refractivity (Wildman–Crippen MR) is 115 cm³/mol. The van der Waals surface area contributed by atoms with E-state index >= 15 is 0 Å². The monoisotopic (exact) mass is 456 g/mol. The van der Waals surface area contributed by atoms with Crippen LogP contribution in [-0.2, 0) is 20.6 Å². The Bertz CT molecular complexity index is 998. The predicted octanol–water partition coefficient (Wildman–Crippen LogP) is 4.18. The Morgan fingerprint density at radius 3 is 2.72 bits per heavy atom. The van der Waals surface area contributed by atoms with Gasteiger partial charge in [-0.2, -0.15) is 0 Å². The van der Waals surface area contributed by atoms with E-state index in [4.69, 9.17) is 27.9 Å². The fraction of sp³-hybridized carbons (Fsp3) is 0.350. The SMILES string of the molecule is COc1ccccc1NC(=O)C1CCCN(S(=O)(=O)Cc2ccc(Cl)cc2Cl)C1. The Balaban J connectivity index is 1.69. The van der Waals surface area contributed by atoms with E-state index in [1.807, 2.05) is 6.07 Å². The number of hydrogen-bond donors (Lipinski definition) is 1. The summed E-state index contributed by atoms with van der Waals surface area (Å²) in [5.41, 5.74) is 1.05. The van der Waals surface area contributed by atoms with Gasteiger partial charge in [-0.3, -0.25) is 4.79 Å². The Morgan fingerprint density at radius 1 is 1.24 bits per heavy atom. The van der Waals surface area contributed by atoms with E-state index in [2.05, 4.69) is 5.32 Å². The van der Waals surface area contributed by atoms with Crippen LogP contribution in [0.2, 0.25) is 10.0 Å². The van der Waals surface area contributed by atoms with Crippen LogP contribution in [0.15, 0.2) is 42.5 Å². The zero-order chi connectivity index (χ0) is 21.0. The Labute approximate surface area is 180 Å². The van der Waals surface area contributed by atoms with Crippen LogP contribution in [-0.4, -0.2) is 38.8 Å². The van der Waals surface area contributed by atoms with E-state index in [9.17, 15) is 13.2 Å². The maximum atomic E-state index is 12.9. The minimum absolute atomic E-state index is 0.133. The van der Waals surface area contributed by atoms with Crippen LogP contribution in [0.25, 0.3) is 0 Å². The number of carbonyl (C=O) groups excluding carboxylic acids is 1. The van der Waals surface area contributed by atoms with Crippen LogP contribution in [0, 0.1) is 5.92 Å². The summed E-state index contributed by atoms with van der Waals surface area (Å²) in [6.07, 6.45) is 1.23. The molecule has 1 aliphatic rings. The van der Waals surface area contributed by atoms with Gasteiger partial charge in [0.15, 0.2) is 0 Å². The average molecular weight is 457 g/mol. The summed E-state index contributed by atoms with van der Waals surface area (Å²) >= 11 is 12.0. The highest BCUT2D eigenvalue weighted by molar-refractivity contribution is 7.88. The molecule has 2 aromatic carbocycles. The number of benzene rings is 2. The van der Waals surface area contributed by atoms with Crippen molar-refractivity contribution in [2.24, 2.45) is 5.92 Å². The summed E-state index contributed by atoms with van der Waals surface area (Å²) in [7, 11) is -2.09. The van der Waals surface area contributed by atoms with Crippen molar-refractivity contribution in [3.8, 4) is 5.75 Å². The van der Waals surface area contributed by atoms with Gasteiger partial charge in [-0.05, 0) is 42.7 Å². The number of piperidine rings is 1. The standard InChI is InChI=1S/C20H22Cl2N2O4S/c1-28-19-7-3-2-6-18(19)23-20(25)14-5-4-10-24(12-14)29(26,27)13-15-8-9-16(21)11-17(15)22/h2-3,6-9,11,14H,4-5,10,12-13H2,1H3,(H,23,25). The van der Waals surface area contributed by atoms with Gasteiger partial charge in [0, 0.05) is 23.1 Å². The molecule has 0 spiro atoms. The number of ether oxygens (including phenoxy) is 1. The lowest BCUT2D eigenvalue weighted by atomic mass is 9.98. The van der Waals surface area contributed by atoms with E-state index in [-0.39, 0.29) is 18.2 Å². The average Bonchev–Trinajstić information content (AvgIpc) is 2.70. The molecule has 1 heterocycles. The van der Waals surface area contributed by atoms with Crippen LogP contribution in [0.1, 0.15) is 18.4 Å². The van der Waals surface area contributed by atoms with Crippen molar-refractivity contribution >= 4 is 44.8 Å². The van der Waals surface area contributed by atoms with Crippen LogP contribution >= 0.6 is 23.2 Å². The number of sulfonamides is 1. The molecule has 0 radical (unpaired) electrons. The molecule has 156 valence electrons. The second-order valence-corrected chi connectivity index (χ2v) is 9.69. The molecule has 0 saturated carbocycles. The fourth-order valence-electron chi connectivity index (χ4n) is 3.32. The van der Waals surface area contributed by atoms with Gasteiger partial charge in [0.05, 0.1) is 24.5 Å². The maximum Gasteiger partial charge on any atom is 0.228 e. The van der Waals surface area contributed by atoms with Crippen LogP contribution in [0.5, 0.6) is 5.75 Å². The van der Waals surface area contributed by atoms with E-state index in [0.29, 0.717) is 46.4 Å². The van der Waals surface area contributed by atoms with Gasteiger partial charge in [-0.25, -0.2) is 12.7 Å². The molecule has 1 saturated heterocycles. The first-order valence-corrected chi connectivity index (χ1v) is 11.5. The number of halogens is 2. The zero-order valence-corrected chi connectivity index (χ0v) is 18.2. The minimum Gasteiger partial charge on any atom is -0.495 e. The quantitative estimate of drug-likeness (QED) is 0.706. The third-order valence-corrected chi connectivity index (χ3v) is 7.25. The first-order chi connectivity index (χ1) is 13.8. The number of amides is 1. The molecule has 29 heavy (non-hydrogen) atoms. The Kier molecular flexibility index (Phi) is 7.05. The van der Waals surface area contributed by atoms with Crippen LogP contribution in [0.3, 0.4) is 0 Å². The molecule has 0 bridgehead atoms. The normalized spacial score (nSPS) is 17.7. The van der Waals surface area contributed by atoms with Gasteiger partial charge in [0.2, 0.25) is 15.9 Å². The molecular formula is C20H22Cl2N2O4S. The molecule has 1 atom stereocenters. The number of methoxy groups -OCH3 is 1. The summed E-state index contributed by atoms with van der Waals surface area (Å²) < 4.78 is 32.4. The first-order valence-electron chi connectivity index (χ1n) is 9.16. The highest BCUT2D eigenvalue weighted by Crippen LogP contribution is 2.28. The number of para-hydroxylation sites is 2. The van der Waals surface area contributed by atoms with Crippen molar-refractivity contribution in [2.75, 3.05) is 25.5 Å². The molecule has 1 aliphatic heterocycles. The summed E-state index contributed by atoms with van der Waals surface area (Å²) in [5.74, 6) is -0.342. The molecule has 9 heteroatoms. The lowest BCUT2D eigenvalue weighted by Gasteiger charge is -2.31. The first kappa shape index (κ1) is 21.9. The number of rotatable bonds is 6. The zero-order valence-electron chi connectivity index (χ0n) is 15.9. The largest absolute Gasteiger partial charge is 0.495 e. The molecule has 3 rings (SSSR count). The minimum atomic E-state index is -3.62. The van der Waals surface area contributed by atoms with Crippen molar-refractivity contribution in [3.05, 3.63) is 58.1 Å². The van der Waals surface area contributed by atoms with E-state index in [1.165, 1.54) is 17.5 Å². The Morgan fingerprint density at radius 2 is 2.00 bits per heavy atom. The van der Waals surface area contributed by atoms with Gasteiger partial charge >= 0.3 is 0 Å². The highest BCUT2D eigenvalue weighted by Gasteiger charge is 2.33. The lowest BCUT2D eigenvalue weighted by Crippen LogP contribution is -2.44. The maximum absolute atomic E-state index is 12.9. The van der Waals surface area contributed by atoms with Crippen molar-refractivity contribution in [1.82, 2.24) is 4.31 Å². The Hall–Kier alpha value is -1.80. The smallest absolute Gasteiger partial charge is 0.228 e. The molecule has 1 amide bonds. The van der Waals surface area contributed by atoms with E-state index < -0.39 is 15.9 Å². The van der Waals surface area contributed by atoms with Crippen molar-refractivity contribution < 1.29 is 17.9 Å². The van der Waals surface area contributed by atoms with Gasteiger partial charge in [0.25, 0.3) is 0 Å². The lowest BCUT2D eigenvalue weighted by molar-refractivity contribution is -0.120. The van der Waals surface area contributed by atoms with Gasteiger partial charge in [-0.1, -0.05) is 41.4 Å². The second kappa shape index (κ2) is 9.34. The van der Waals surface area contributed by atoms with Crippen molar-refractivity contribution in [3.63, 3.8) is 0 Å². The van der Waals surface area contributed by atoms with Gasteiger partial charge in [0.1, 0.15) is 5.75 Å². The summed E-state index contributed by atoms with van der Waals surface area (Å²) in [6.45, 7) is 0.514. The number of nitrogens with zero attached hydrogens (tertiary/aromatic N) is 1. The molecule has 0 aromatic heterocycles. The molecule has 2 aromatic rings. The number of carbonyl (C=O) groups is 1. The number of anilines is 1. The topological polar surface area (TPSA) is 75.7 Å². The number of hydrogen-bond acceptors (Lipinski definition) is 4. The highest BCUT2D eigenvalue weighted by atomic mass is 35.5. The van der Waals surface area contributed by atoms with E-state index in [1.54, 1.807) is 30.3 Å².